The third-order valence-corrected chi connectivity index (χ3v) is 1.97. The summed E-state index contributed by atoms with van der Waals surface area (Å²) < 4.78 is 5.49. The Hall–Kier alpha value is -1.35. The van der Waals surface area contributed by atoms with E-state index in [1.165, 1.54) is 5.56 Å². The molecule has 2 N–H and O–H groups in total. The van der Waals surface area contributed by atoms with Gasteiger partial charge in [-0.25, -0.2) is 0 Å². The number of amidine groups is 1. The predicted octanol–water partition coefficient (Wildman–Crippen LogP) is 2.18. The summed E-state index contributed by atoms with van der Waals surface area (Å²) in [4.78, 5) is 0. The van der Waals surface area contributed by atoms with Gasteiger partial charge in [0, 0.05) is 13.2 Å². The quantitative estimate of drug-likeness (QED) is 0.425. The highest BCUT2D eigenvalue weighted by molar-refractivity contribution is 5.75. The summed E-state index contributed by atoms with van der Waals surface area (Å²) in [5.41, 5.74) is 1.20. The zero-order valence-electron chi connectivity index (χ0n) is 9.12. The summed E-state index contributed by atoms with van der Waals surface area (Å²) in [5.74, 6) is 0.512. The molecule has 1 aromatic carbocycles. The van der Waals surface area contributed by atoms with Gasteiger partial charge in [-0.3, -0.25) is 5.41 Å². The standard InChI is InChI=1S/C12H18N2O/c1-11(13)14-8-5-9-15-10-12-6-3-2-4-7-12/h2-4,6-7H,5,8-10H2,1H3,(H2,13,14). The highest BCUT2D eigenvalue weighted by Crippen LogP contribution is 2.00. The topological polar surface area (TPSA) is 45.1 Å². The molecule has 0 aliphatic carbocycles. The number of rotatable bonds is 6. The molecule has 0 aliphatic heterocycles. The molecule has 1 rings (SSSR count). The lowest BCUT2D eigenvalue weighted by molar-refractivity contribution is 0.119. The van der Waals surface area contributed by atoms with Gasteiger partial charge in [0.05, 0.1) is 12.4 Å². The summed E-state index contributed by atoms with van der Waals surface area (Å²) in [7, 11) is 0. The first-order valence-electron chi connectivity index (χ1n) is 5.20. The van der Waals surface area contributed by atoms with Gasteiger partial charge < -0.3 is 10.1 Å². The van der Waals surface area contributed by atoms with E-state index in [9.17, 15) is 0 Å². The Morgan fingerprint density at radius 1 is 1.33 bits per heavy atom. The fourth-order valence-corrected chi connectivity index (χ4v) is 1.21. The Kier molecular flexibility index (Phi) is 5.48. The molecule has 82 valence electrons. The van der Waals surface area contributed by atoms with Crippen LogP contribution < -0.4 is 5.32 Å². The van der Waals surface area contributed by atoms with Crippen LogP contribution in [0.3, 0.4) is 0 Å². The van der Waals surface area contributed by atoms with Crippen LogP contribution in [0.25, 0.3) is 0 Å². The van der Waals surface area contributed by atoms with E-state index < -0.39 is 0 Å². The first-order valence-corrected chi connectivity index (χ1v) is 5.20. The normalized spacial score (nSPS) is 9.93. The van der Waals surface area contributed by atoms with Gasteiger partial charge in [-0.2, -0.15) is 0 Å². The van der Waals surface area contributed by atoms with Crippen molar-refractivity contribution in [2.45, 2.75) is 20.0 Å². The van der Waals surface area contributed by atoms with Gasteiger partial charge in [0.1, 0.15) is 0 Å². The molecule has 0 spiro atoms. The molecule has 3 nitrogen and oxygen atoms in total. The van der Waals surface area contributed by atoms with Gasteiger partial charge in [-0.1, -0.05) is 30.3 Å². The first kappa shape index (κ1) is 11.7. The second kappa shape index (κ2) is 7.01. The SMILES string of the molecule is CC(=N)NCCCOCc1ccccc1. The van der Waals surface area contributed by atoms with Crippen LogP contribution in [0.1, 0.15) is 18.9 Å². The lowest BCUT2D eigenvalue weighted by Crippen LogP contribution is -2.21. The van der Waals surface area contributed by atoms with Crippen LogP contribution in [0.15, 0.2) is 30.3 Å². The van der Waals surface area contributed by atoms with Gasteiger partial charge in [0.15, 0.2) is 0 Å². The molecule has 1 aromatic rings. The van der Waals surface area contributed by atoms with Crippen molar-refractivity contribution in [1.82, 2.24) is 5.32 Å². The number of hydrogen-bond acceptors (Lipinski definition) is 2. The highest BCUT2D eigenvalue weighted by atomic mass is 16.5. The third-order valence-electron chi connectivity index (χ3n) is 1.97. The van der Waals surface area contributed by atoms with E-state index in [2.05, 4.69) is 17.4 Å². The van der Waals surface area contributed by atoms with Gasteiger partial charge in [0.25, 0.3) is 0 Å². The van der Waals surface area contributed by atoms with E-state index in [-0.39, 0.29) is 0 Å². The molecule has 0 atom stereocenters. The van der Waals surface area contributed by atoms with Crippen LogP contribution in [-0.2, 0) is 11.3 Å². The molecule has 0 heterocycles. The first-order chi connectivity index (χ1) is 7.29. The zero-order valence-corrected chi connectivity index (χ0v) is 9.12. The summed E-state index contributed by atoms with van der Waals surface area (Å²) in [6, 6.07) is 10.1. The molecular formula is C12H18N2O. The molecule has 0 bridgehead atoms. The van der Waals surface area contributed by atoms with Crippen LogP contribution in [-0.4, -0.2) is 19.0 Å². The molecule has 0 amide bonds. The van der Waals surface area contributed by atoms with Gasteiger partial charge in [-0.15, -0.1) is 0 Å². The molecule has 0 radical (unpaired) electrons. The second-order valence-electron chi connectivity index (χ2n) is 3.44. The van der Waals surface area contributed by atoms with Crippen molar-refractivity contribution in [1.29, 1.82) is 5.41 Å². The highest BCUT2D eigenvalue weighted by Gasteiger charge is 1.92. The maximum absolute atomic E-state index is 7.16. The molecule has 3 heteroatoms. The second-order valence-corrected chi connectivity index (χ2v) is 3.44. The minimum absolute atomic E-state index is 0.512. The molecule has 0 fully saturated rings. The van der Waals surface area contributed by atoms with Gasteiger partial charge in [-0.05, 0) is 18.9 Å². The molecule has 0 saturated heterocycles. The molecule has 0 unspecified atom stereocenters. The maximum Gasteiger partial charge on any atom is 0.0899 e. The van der Waals surface area contributed by atoms with E-state index in [1.807, 2.05) is 18.2 Å². The van der Waals surface area contributed by atoms with Crippen molar-refractivity contribution in [3.63, 3.8) is 0 Å². The van der Waals surface area contributed by atoms with Crippen molar-refractivity contribution in [3.05, 3.63) is 35.9 Å². The lowest BCUT2D eigenvalue weighted by Gasteiger charge is -2.05. The smallest absolute Gasteiger partial charge is 0.0899 e. The Balaban J connectivity index is 2.00. The van der Waals surface area contributed by atoms with E-state index in [1.54, 1.807) is 6.92 Å². The van der Waals surface area contributed by atoms with Crippen molar-refractivity contribution in [3.8, 4) is 0 Å². The summed E-state index contributed by atoms with van der Waals surface area (Å²) in [6.45, 7) is 3.95. The van der Waals surface area contributed by atoms with Crippen molar-refractivity contribution < 1.29 is 4.74 Å². The van der Waals surface area contributed by atoms with Crippen molar-refractivity contribution in [2.75, 3.05) is 13.2 Å². The van der Waals surface area contributed by atoms with Crippen LogP contribution in [0.2, 0.25) is 0 Å². The van der Waals surface area contributed by atoms with Gasteiger partial charge >= 0.3 is 0 Å². The van der Waals surface area contributed by atoms with E-state index in [4.69, 9.17) is 10.1 Å². The minimum atomic E-state index is 0.512. The fraction of sp³-hybridized carbons (Fsp3) is 0.417. The maximum atomic E-state index is 7.16. The molecule has 0 saturated carbocycles. The molecule has 0 aliphatic rings. The number of nitrogens with one attached hydrogen (secondary N) is 2. The third kappa shape index (κ3) is 5.86. The van der Waals surface area contributed by atoms with Crippen LogP contribution in [0, 0.1) is 5.41 Å². The number of ether oxygens (including phenoxy) is 1. The van der Waals surface area contributed by atoms with E-state index in [0.717, 1.165) is 19.6 Å². The Morgan fingerprint density at radius 2 is 2.07 bits per heavy atom. The molecule has 15 heavy (non-hydrogen) atoms. The van der Waals surface area contributed by atoms with E-state index in [0.29, 0.717) is 12.4 Å². The summed E-state index contributed by atoms with van der Waals surface area (Å²) in [6.07, 6.45) is 0.934. The monoisotopic (exact) mass is 206 g/mol. The van der Waals surface area contributed by atoms with Crippen molar-refractivity contribution >= 4 is 5.84 Å². The summed E-state index contributed by atoms with van der Waals surface area (Å²) >= 11 is 0. The van der Waals surface area contributed by atoms with E-state index >= 15 is 0 Å². The largest absolute Gasteiger partial charge is 0.377 e. The number of hydrogen-bond donors (Lipinski definition) is 2. The van der Waals surface area contributed by atoms with Crippen molar-refractivity contribution in [2.24, 2.45) is 0 Å². The zero-order chi connectivity index (χ0) is 10.9. The minimum Gasteiger partial charge on any atom is -0.377 e. The van der Waals surface area contributed by atoms with Crippen LogP contribution in [0.5, 0.6) is 0 Å². The Bertz CT molecular complexity index is 285. The average Bonchev–Trinajstić information content (AvgIpc) is 2.24. The molecular weight excluding hydrogens is 188 g/mol. The Labute approximate surface area is 91.0 Å². The predicted molar refractivity (Wildman–Crippen MR) is 62.1 cm³/mol. The van der Waals surface area contributed by atoms with Crippen LogP contribution >= 0.6 is 0 Å². The summed E-state index contributed by atoms with van der Waals surface area (Å²) in [5, 5.41) is 10.1. The average molecular weight is 206 g/mol. The lowest BCUT2D eigenvalue weighted by atomic mass is 10.2. The van der Waals surface area contributed by atoms with Gasteiger partial charge in [0.2, 0.25) is 0 Å². The van der Waals surface area contributed by atoms with Crippen LogP contribution in [0.4, 0.5) is 0 Å². The fourth-order valence-electron chi connectivity index (χ4n) is 1.21. The Morgan fingerprint density at radius 3 is 2.73 bits per heavy atom. The molecule has 0 aromatic heterocycles. The number of benzene rings is 1.